The average Bonchev–Trinajstić information content (AvgIpc) is 2.36. The van der Waals surface area contributed by atoms with Gasteiger partial charge in [0.2, 0.25) is 0 Å². The lowest BCUT2D eigenvalue weighted by Gasteiger charge is -2.32. The number of aryl methyl sites for hydroxylation is 2. The molecule has 2 aromatic rings. The van der Waals surface area contributed by atoms with E-state index in [-0.39, 0.29) is 0 Å². The van der Waals surface area contributed by atoms with Crippen molar-refractivity contribution in [2.24, 2.45) is 0 Å². The van der Waals surface area contributed by atoms with Crippen molar-refractivity contribution in [2.75, 3.05) is 0 Å². The predicted molar refractivity (Wildman–Crippen MR) is 78.2 cm³/mol. The van der Waals surface area contributed by atoms with Crippen LogP contribution in [0.25, 0.3) is 11.1 Å². The molecule has 0 spiro atoms. The van der Waals surface area contributed by atoms with Crippen molar-refractivity contribution in [3.8, 4) is 11.1 Å². The van der Waals surface area contributed by atoms with Crippen LogP contribution >= 0.6 is 0 Å². The molecule has 2 aromatic carbocycles. The second kappa shape index (κ2) is 3.98. The first-order valence-corrected chi connectivity index (χ1v) is 6.79. The van der Waals surface area contributed by atoms with E-state index in [0.29, 0.717) is 11.8 Å². The van der Waals surface area contributed by atoms with Crippen LogP contribution in [-0.4, -0.2) is 0 Å². The lowest BCUT2D eigenvalue weighted by atomic mass is 9.72. The normalized spacial score (nSPS) is 21.3. The second-order valence-electron chi connectivity index (χ2n) is 5.76. The quantitative estimate of drug-likeness (QED) is 0.590. The minimum Gasteiger partial charge on any atom is -0.0587 e. The maximum absolute atomic E-state index is 2.36. The Labute approximate surface area is 110 Å². The molecule has 18 heavy (non-hydrogen) atoms. The van der Waals surface area contributed by atoms with Crippen LogP contribution in [-0.2, 0) is 0 Å². The maximum Gasteiger partial charge on any atom is -0.0118 e. The van der Waals surface area contributed by atoms with Gasteiger partial charge in [-0.25, -0.2) is 0 Å². The third kappa shape index (κ3) is 1.59. The summed E-state index contributed by atoms with van der Waals surface area (Å²) >= 11 is 0. The first-order valence-electron chi connectivity index (χ1n) is 6.79. The summed E-state index contributed by atoms with van der Waals surface area (Å²) < 4.78 is 0. The van der Waals surface area contributed by atoms with Gasteiger partial charge in [-0.1, -0.05) is 61.4 Å². The van der Waals surface area contributed by atoms with E-state index in [0.717, 1.165) is 0 Å². The van der Waals surface area contributed by atoms with Crippen molar-refractivity contribution in [2.45, 2.75) is 39.5 Å². The molecule has 0 unspecified atom stereocenters. The maximum atomic E-state index is 2.36. The Balaban J connectivity index is 2.31. The average molecular weight is 236 g/mol. The van der Waals surface area contributed by atoms with E-state index in [9.17, 15) is 0 Å². The summed E-state index contributed by atoms with van der Waals surface area (Å²) in [4.78, 5) is 0. The Morgan fingerprint density at radius 3 is 1.44 bits per heavy atom. The molecule has 3 rings (SSSR count). The molecule has 0 N–H and O–H groups in total. The highest BCUT2D eigenvalue weighted by atomic mass is 14.3. The smallest absolute Gasteiger partial charge is 0.0118 e. The van der Waals surface area contributed by atoms with Crippen molar-refractivity contribution in [3.05, 3.63) is 58.7 Å². The molecule has 92 valence electrons. The first kappa shape index (κ1) is 11.5. The number of rotatable bonds is 0. The van der Waals surface area contributed by atoms with E-state index in [2.05, 4.69) is 64.1 Å². The lowest BCUT2D eigenvalue weighted by molar-refractivity contribution is 0.615. The molecule has 1 aliphatic carbocycles. The number of hydrogen-bond donors (Lipinski definition) is 0. The molecule has 0 aromatic heterocycles. The summed E-state index contributed by atoms with van der Waals surface area (Å²) in [5.41, 5.74) is 8.62. The zero-order valence-electron chi connectivity index (χ0n) is 11.6. The largest absolute Gasteiger partial charge is 0.0587 e. The van der Waals surface area contributed by atoms with Gasteiger partial charge in [0.05, 0.1) is 0 Å². The highest BCUT2D eigenvalue weighted by Crippen LogP contribution is 2.46. The number of fused-ring (bicyclic) bond motifs is 3. The van der Waals surface area contributed by atoms with E-state index >= 15 is 0 Å². The second-order valence-corrected chi connectivity index (χ2v) is 5.76. The molecular weight excluding hydrogens is 216 g/mol. The van der Waals surface area contributed by atoms with Crippen molar-refractivity contribution in [1.82, 2.24) is 0 Å². The molecule has 0 heterocycles. The fourth-order valence-electron chi connectivity index (χ4n) is 3.15. The third-order valence-electron chi connectivity index (χ3n) is 4.44. The summed E-state index contributed by atoms with van der Waals surface area (Å²) in [6.45, 7) is 9.08. The van der Waals surface area contributed by atoms with E-state index in [1.54, 1.807) is 0 Å². The SMILES string of the molecule is Cc1ccc2c(c1)[C@@H](C)[C@@H](C)c1cc(C)ccc1-2. The number of benzene rings is 2. The van der Waals surface area contributed by atoms with Gasteiger partial charge in [0.15, 0.2) is 0 Å². The van der Waals surface area contributed by atoms with E-state index in [4.69, 9.17) is 0 Å². The standard InChI is InChI=1S/C18H20/c1-11-5-7-15-16-8-6-12(2)10-18(16)14(4)13(3)17(15)9-11/h5-10,13-14H,1-4H3/t13-,14+. The zero-order valence-corrected chi connectivity index (χ0v) is 11.6. The molecule has 0 amide bonds. The van der Waals surface area contributed by atoms with Crippen molar-refractivity contribution < 1.29 is 0 Å². The van der Waals surface area contributed by atoms with E-state index < -0.39 is 0 Å². The molecule has 0 heteroatoms. The zero-order chi connectivity index (χ0) is 12.9. The first-order chi connectivity index (χ1) is 8.58. The van der Waals surface area contributed by atoms with Gasteiger partial charge >= 0.3 is 0 Å². The third-order valence-corrected chi connectivity index (χ3v) is 4.44. The van der Waals surface area contributed by atoms with Gasteiger partial charge in [-0.15, -0.1) is 0 Å². The topological polar surface area (TPSA) is 0 Å². The fraction of sp³-hybridized carbons (Fsp3) is 0.333. The highest BCUT2D eigenvalue weighted by molar-refractivity contribution is 5.75. The minimum absolute atomic E-state index is 0.606. The summed E-state index contributed by atoms with van der Waals surface area (Å²) in [5.74, 6) is 1.21. The molecule has 1 aliphatic rings. The van der Waals surface area contributed by atoms with Gasteiger partial charge in [-0.2, -0.15) is 0 Å². The van der Waals surface area contributed by atoms with Crippen LogP contribution in [0.2, 0.25) is 0 Å². The van der Waals surface area contributed by atoms with Gasteiger partial charge in [0, 0.05) is 0 Å². The molecule has 0 bridgehead atoms. The highest BCUT2D eigenvalue weighted by Gasteiger charge is 2.27. The van der Waals surface area contributed by atoms with Gasteiger partial charge < -0.3 is 0 Å². The Kier molecular flexibility index (Phi) is 2.55. The van der Waals surface area contributed by atoms with Crippen LogP contribution in [0.3, 0.4) is 0 Å². The Bertz CT molecular complexity index is 552. The van der Waals surface area contributed by atoms with Crippen molar-refractivity contribution in [1.29, 1.82) is 0 Å². The van der Waals surface area contributed by atoms with Crippen LogP contribution in [0.4, 0.5) is 0 Å². The van der Waals surface area contributed by atoms with Gasteiger partial charge in [-0.05, 0) is 47.9 Å². The molecule has 0 saturated heterocycles. The van der Waals surface area contributed by atoms with Gasteiger partial charge in [0.25, 0.3) is 0 Å². The Morgan fingerprint density at radius 2 is 1.06 bits per heavy atom. The van der Waals surface area contributed by atoms with E-state index in [1.165, 1.54) is 33.4 Å². The summed E-state index contributed by atoms with van der Waals surface area (Å²) in [6, 6.07) is 13.8. The molecule has 0 nitrogen and oxygen atoms in total. The van der Waals surface area contributed by atoms with Crippen LogP contribution < -0.4 is 0 Å². The van der Waals surface area contributed by atoms with E-state index in [1.807, 2.05) is 0 Å². The van der Waals surface area contributed by atoms with Crippen LogP contribution in [0.1, 0.15) is 47.9 Å². The molecule has 0 fully saturated rings. The van der Waals surface area contributed by atoms with Crippen LogP contribution in [0.15, 0.2) is 36.4 Å². The van der Waals surface area contributed by atoms with Crippen LogP contribution in [0, 0.1) is 13.8 Å². The lowest BCUT2D eigenvalue weighted by Crippen LogP contribution is -2.13. The Hall–Kier alpha value is -1.56. The molecule has 0 radical (unpaired) electrons. The minimum atomic E-state index is 0.606. The predicted octanol–water partition coefficient (Wildman–Crippen LogP) is 5.19. The van der Waals surface area contributed by atoms with Gasteiger partial charge in [-0.3, -0.25) is 0 Å². The van der Waals surface area contributed by atoms with Crippen molar-refractivity contribution in [3.63, 3.8) is 0 Å². The molecule has 0 saturated carbocycles. The van der Waals surface area contributed by atoms with Crippen molar-refractivity contribution >= 4 is 0 Å². The van der Waals surface area contributed by atoms with Crippen LogP contribution in [0.5, 0.6) is 0 Å². The Morgan fingerprint density at radius 1 is 0.667 bits per heavy atom. The summed E-state index contributed by atoms with van der Waals surface area (Å²) in [6.07, 6.45) is 0. The molecule has 0 aliphatic heterocycles. The molecule has 2 atom stereocenters. The fourth-order valence-corrected chi connectivity index (χ4v) is 3.15. The number of hydrogen-bond acceptors (Lipinski definition) is 0. The molecular formula is C18H20. The monoisotopic (exact) mass is 236 g/mol. The van der Waals surface area contributed by atoms with Gasteiger partial charge in [0.1, 0.15) is 0 Å². The summed E-state index contributed by atoms with van der Waals surface area (Å²) in [5, 5.41) is 0. The summed E-state index contributed by atoms with van der Waals surface area (Å²) in [7, 11) is 0.